The summed E-state index contributed by atoms with van der Waals surface area (Å²) in [7, 11) is 0. The van der Waals surface area contributed by atoms with Crippen molar-refractivity contribution in [1.29, 1.82) is 0 Å². The molecule has 0 amide bonds. The van der Waals surface area contributed by atoms with Crippen molar-refractivity contribution in [1.82, 2.24) is 0 Å². The molecule has 0 radical (unpaired) electrons. The zero-order chi connectivity index (χ0) is 7.49. The Morgan fingerprint density at radius 3 is 1.33 bits per heavy atom. The van der Waals surface area contributed by atoms with Gasteiger partial charge in [-0.05, 0) is 0 Å². The van der Waals surface area contributed by atoms with Crippen LogP contribution in [0.3, 0.4) is 0 Å². The van der Waals surface area contributed by atoms with Crippen LogP contribution in [0.25, 0.3) is 0 Å². The molecule has 0 N–H and O–H groups in total. The third-order valence-corrected chi connectivity index (χ3v) is 11.5. The fraction of sp³-hybridized carbons (Fsp3) is 1.00. The maximum atomic E-state index is 2.41. The van der Waals surface area contributed by atoms with Gasteiger partial charge in [0.05, 0.1) is 0 Å². The van der Waals surface area contributed by atoms with Gasteiger partial charge in [-0.2, -0.15) is 0 Å². The van der Waals surface area contributed by atoms with Crippen molar-refractivity contribution in [2.45, 2.75) is 48.5 Å². The molecule has 0 unspecified atom stereocenters. The quantitative estimate of drug-likeness (QED) is 0.578. The Morgan fingerprint density at radius 2 is 1.33 bits per heavy atom. The summed E-state index contributed by atoms with van der Waals surface area (Å²) in [4.78, 5) is 3.01. The Kier molecular flexibility index (Phi) is 3.98. The molecule has 0 aliphatic heterocycles. The van der Waals surface area contributed by atoms with E-state index in [1.54, 1.807) is 0 Å². The van der Waals surface area contributed by atoms with Crippen LogP contribution in [-0.4, -0.2) is 16.2 Å². The first-order chi connectivity index (χ1) is 4.02. The zero-order valence-electron chi connectivity index (χ0n) is 7.49. The topological polar surface area (TPSA) is 0 Å². The monoisotopic (exact) mass is 184 g/mol. The van der Waals surface area contributed by atoms with Gasteiger partial charge < -0.3 is 0 Å². The molecule has 0 bridgehead atoms. The second kappa shape index (κ2) is 3.72. The van der Waals surface area contributed by atoms with Crippen molar-refractivity contribution >= 4 is 16.2 Å². The Balaban J connectivity index is 3.79. The Bertz CT molecular complexity index is 67.1. The van der Waals surface area contributed by atoms with Crippen molar-refractivity contribution in [3.63, 3.8) is 0 Å². The standard InChI is InChI=1S/C4H9.2C2H5.Ga/c1-4(2)3;2*1-2;/h1-3H3;2*1H2,2H3;. The normalized spacial score (nSPS) is 11.7. The van der Waals surface area contributed by atoms with E-state index < -0.39 is 16.2 Å². The molecule has 0 atom stereocenters. The van der Waals surface area contributed by atoms with Crippen LogP contribution in [0, 0.1) is 0 Å². The average molecular weight is 185 g/mol. The van der Waals surface area contributed by atoms with Crippen molar-refractivity contribution < 1.29 is 0 Å². The third-order valence-electron chi connectivity index (χ3n) is 2.21. The molecule has 9 heavy (non-hydrogen) atoms. The third kappa shape index (κ3) is 3.36. The summed E-state index contributed by atoms with van der Waals surface area (Å²) < 4.78 is 0.705. The van der Waals surface area contributed by atoms with E-state index in [0.717, 1.165) is 0 Å². The molecular weight excluding hydrogens is 166 g/mol. The van der Waals surface area contributed by atoms with Crippen LogP contribution in [0.1, 0.15) is 34.6 Å². The van der Waals surface area contributed by atoms with E-state index in [0.29, 0.717) is 3.97 Å². The fourth-order valence-electron chi connectivity index (χ4n) is 1.51. The van der Waals surface area contributed by atoms with E-state index in [2.05, 4.69) is 34.6 Å². The SMILES string of the molecule is C[CH2][Ga]([CH2]C)[C](C)(C)C. The minimum atomic E-state index is -0.829. The van der Waals surface area contributed by atoms with Gasteiger partial charge in [-0.3, -0.25) is 0 Å². The van der Waals surface area contributed by atoms with E-state index in [4.69, 9.17) is 0 Å². The van der Waals surface area contributed by atoms with E-state index in [-0.39, 0.29) is 0 Å². The molecule has 0 aliphatic carbocycles. The van der Waals surface area contributed by atoms with Gasteiger partial charge in [0.2, 0.25) is 0 Å². The fourth-order valence-corrected chi connectivity index (χ4v) is 7.86. The van der Waals surface area contributed by atoms with Gasteiger partial charge in [0.15, 0.2) is 0 Å². The van der Waals surface area contributed by atoms with E-state index in [1.807, 2.05) is 0 Å². The Morgan fingerprint density at radius 1 is 1.00 bits per heavy atom. The van der Waals surface area contributed by atoms with Crippen molar-refractivity contribution in [2.75, 3.05) is 0 Å². The predicted molar refractivity (Wildman–Crippen MR) is 46.4 cm³/mol. The van der Waals surface area contributed by atoms with Crippen LogP contribution < -0.4 is 0 Å². The molecule has 0 spiro atoms. The Labute approximate surface area is 65.1 Å². The molecular formula is C8H19Ga. The van der Waals surface area contributed by atoms with Crippen LogP contribution in [0.4, 0.5) is 0 Å². The van der Waals surface area contributed by atoms with Crippen molar-refractivity contribution in [3.05, 3.63) is 0 Å². The van der Waals surface area contributed by atoms with Crippen LogP contribution in [-0.2, 0) is 0 Å². The zero-order valence-corrected chi connectivity index (χ0v) is 9.91. The van der Waals surface area contributed by atoms with Gasteiger partial charge in [-0.1, -0.05) is 0 Å². The summed E-state index contributed by atoms with van der Waals surface area (Å²) in [6, 6.07) is 0. The predicted octanol–water partition coefficient (Wildman–Crippen LogP) is 3.32. The molecule has 0 nitrogen and oxygen atoms in total. The van der Waals surface area contributed by atoms with Gasteiger partial charge in [-0.25, -0.2) is 0 Å². The van der Waals surface area contributed by atoms with Crippen LogP contribution in [0.5, 0.6) is 0 Å². The van der Waals surface area contributed by atoms with Crippen LogP contribution in [0.15, 0.2) is 0 Å². The van der Waals surface area contributed by atoms with E-state index in [1.165, 1.54) is 9.95 Å². The Hall–Kier alpha value is 0.636. The van der Waals surface area contributed by atoms with Gasteiger partial charge in [0.25, 0.3) is 0 Å². The van der Waals surface area contributed by atoms with Gasteiger partial charge >= 0.3 is 64.8 Å². The van der Waals surface area contributed by atoms with Crippen LogP contribution >= 0.6 is 0 Å². The molecule has 0 saturated carbocycles. The summed E-state index contributed by atoms with van der Waals surface area (Å²) in [6.07, 6.45) is 0. The molecule has 0 heterocycles. The van der Waals surface area contributed by atoms with Gasteiger partial charge in [-0.15, -0.1) is 0 Å². The van der Waals surface area contributed by atoms with E-state index >= 15 is 0 Å². The molecule has 0 fully saturated rings. The summed E-state index contributed by atoms with van der Waals surface area (Å²) in [6.45, 7) is 11.9. The van der Waals surface area contributed by atoms with Gasteiger partial charge in [0, 0.05) is 0 Å². The van der Waals surface area contributed by atoms with E-state index in [9.17, 15) is 0 Å². The second-order valence-corrected chi connectivity index (χ2v) is 13.9. The second-order valence-electron chi connectivity index (χ2n) is 3.88. The molecule has 0 aromatic rings. The van der Waals surface area contributed by atoms with Gasteiger partial charge in [0.1, 0.15) is 0 Å². The molecule has 0 aromatic carbocycles. The molecule has 54 valence electrons. The first-order valence-electron chi connectivity index (χ1n) is 4.02. The molecule has 0 aromatic heterocycles. The number of hydrogen-bond acceptors (Lipinski definition) is 0. The summed E-state index contributed by atoms with van der Waals surface area (Å²) in [5.41, 5.74) is 0. The maximum absolute atomic E-state index is 2.41. The molecule has 0 aliphatic rings. The summed E-state index contributed by atoms with van der Waals surface area (Å²) in [5.74, 6) is 0. The molecule has 0 saturated heterocycles. The first-order valence-corrected chi connectivity index (χ1v) is 8.66. The summed E-state index contributed by atoms with van der Waals surface area (Å²) >= 11 is -0.829. The molecule has 0 rings (SSSR count). The summed E-state index contributed by atoms with van der Waals surface area (Å²) in [5, 5.41) is 0. The van der Waals surface area contributed by atoms with Crippen molar-refractivity contribution in [3.8, 4) is 0 Å². The van der Waals surface area contributed by atoms with Crippen molar-refractivity contribution in [2.24, 2.45) is 0 Å². The number of rotatable bonds is 2. The van der Waals surface area contributed by atoms with Crippen LogP contribution in [0.2, 0.25) is 13.9 Å². The number of hydrogen-bond donors (Lipinski definition) is 0. The first kappa shape index (κ1) is 9.64. The average Bonchev–Trinajstić information content (AvgIpc) is 1.65. The molecule has 1 heteroatoms. The minimum absolute atomic E-state index is 0.705.